The molecule has 1 aromatic rings. The highest BCUT2D eigenvalue weighted by molar-refractivity contribution is 5.99. The maximum absolute atomic E-state index is 12.2. The van der Waals surface area contributed by atoms with E-state index >= 15 is 0 Å². The summed E-state index contributed by atoms with van der Waals surface area (Å²) in [5, 5.41) is 3.14. The molecular weight excluding hydrogens is 238 g/mol. The van der Waals surface area contributed by atoms with Crippen LogP contribution in [0.5, 0.6) is 0 Å². The van der Waals surface area contributed by atoms with Crippen molar-refractivity contribution in [2.45, 2.75) is 37.8 Å². The van der Waals surface area contributed by atoms with Crippen molar-refractivity contribution in [3.63, 3.8) is 0 Å². The Morgan fingerprint density at radius 3 is 2.95 bits per heavy atom. The number of carbonyl (C=O) groups is 1. The van der Waals surface area contributed by atoms with Crippen molar-refractivity contribution in [1.29, 1.82) is 0 Å². The maximum Gasteiger partial charge on any atom is 0.253 e. The van der Waals surface area contributed by atoms with Gasteiger partial charge in [-0.1, -0.05) is 12.1 Å². The zero-order valence-corrected chi connectivity index (χ0v) is 11.1. The largest absolute Gasteiger partial charge is 0.398 e. The van der Waals surface area contributed by atoms with Crippen LogP contribution in [0.1, 0.15) is 36.0 Å². The topological polar surface area (TPSA) is 58.4 Å². The summed E-state index contributed by atoms with van der Waals surface area (Å²) in [6, 6.07) is 8.23. The molecule has 0 aliphatic carbocycles. The number of para-hydroxylation sites is 1. The van der Waals surface area contributed by atoms with Crippen LogP contribution in [0.25, 0.3) is 0 Å². The summed E-state index contributed by atoms with van der Waals surface area (Å²) in [6.45, 7) is 2.34. The Bertz CT molecular complexity index is 474. The van der Waals surface area contributed by atoms with Gasteiger partial charge in [0, 0.05) is 24.3 Å². The van der Waals surface area contributed by atoms with Gasteiger partial charge in [0.15, 0.2) is 0 Å². The van der Waals surface area contributed by atoms with Crippen LogP contribution in [0.2, 0.25) is 0 Å². The molecular formula is C15H21N3O. The Hall–Kier alpha value is -1.55. The summed E-state index contributed by atoms with van der Waals surface area (Å²) in [5.41, 5.74) is 6.99. The van der Waals surface area contributed by atoms with E-state index in [1.807, 2.05) is 12.1 Å². The molecule has 4 nitrogen and oxygen atoms in total. The smallest absolute Gasteiger partial charge is 0.253 e. The van der Waals surface area contributed by atoms with Crippen molar-refractivity contribution >= 4 is 11.6 Å². The van der Waals surface area contributed by atoms with E-state index in [4.69, 9.17) is 5.73 Å². The molecule has 0 bridgehead atoms. The lowest BCUT2D eigenvalue weighted by Crippen LogP contribution is -2.47. The second kappa shape index (κ2) is 5.21. The van der Waals surface area contributed by atoms with E-state index in [9.17, 15) is 4.79 Å². The van der Waals surface area contributed by atoms with Gasteiger partial charge in [-0.25, -0.2) is 0 Å². The fraction of sp³-hybridized carbons (Fsp3) is 0.533. The first-order valence-corrected chi connectivity index (χ1v) is 7.13. The second-order valence-electron chi connectivity index (χ2n) is 5.61. The monoisotopic (exact) mass is 259 g/mol. The lowest BCUT2D eigenvalue weighted by molar-refractivity contribution is 0.0897. The third-order valence-corrected chi connectivity index (χ3v) is 4.36. The first-order chi connectivity index (χ1) is 9.24. The zero-order chi connectivity index (χ0) is 13.2. The van der Waals surface area contributed by atoms with Crippen LogP contribution < -0.4 is 11.1 Å². The van der Waals surface area contributed by atoms with E-state index in [0.29, 0.717) is 23.3 Å². The molecule has 2 saturated heterocycles. The number of hydrogen-bond donors (Lipinski definition) is 2. The van der Waals surface area contributed by atoms with E-state index in [1.54, 1.807) is 12.1 Å². The quantitative estimate of drug-likeness (QED) is 0.794. The molecule has 0 aromatic heterocycles. The molecule has 2 fully saturated rings. The van der Waals surface area contributed by atoms with Crippen molar-refractivity contribution in [3.05, 3.63) is 29.8 Å². The summed E-state index contributed by atoms with van der Waals surface area (Å²) < 4.78 is 0. The highest BCUT2D eigenvalue weighted by Gasteiger charge is 2.32. The van der Waals surface area contributed by atoms with Gasteiger partial charge >= 0.3 is 0 Å². The van der Waals surface area contributed by atoms with Gasteiger partial charge < -0.3 is 16.0 Å². The van der Waals surface area contributed by atoms with Crippen molar-refractivity contribution in [2.75, 3.05) is 18.8 Å². The molecule has 1 aromatic carbocycles. The molecule has 2 heterocycles. The molecule has 2 atom stereocenters. The third kappa shape index (κ3) is 2.59. The number of carbonyl (C=O) groups excluding carboxylic acids is 1. The molecule has 3 rings (SSSR count). The molecule has 2 aliphatic rings. The maximum atomic E-state index is 12.2. The predicted molar refractivity (Wildman–Crippen MR) is 75.9 cm³/mol. The fourth-order valence-electron chi connectivity index (χ4n) is 3.32. The molecule has 102 valence electrons. The standard InChI is InChI=1S/C15H21N3O/c16-14-6-2-1-5-13(14)15(19)17-11-7-9-18-8-3-4-12(18)10-11/h1-2,5-6,11-12H,3-4,7-10,16H2,(H,17,19). The molecule has 0 spiro atoms. The van der Waals surface area contributed by atoms with Crippen LogP contribution in [0.4, 0.5) is 5.69 Å². The highest BCUT2D eigenvalue weighted by atomic mass is 16.1. The summed E-state index contributed by atoms with van der Waals surface area (Å²) >= 11 is 0. The Labute approximate surface area is 114 Å². The highest BCUT2D eigenvalue weighted by Crippen LogP contribution is 2.27. The van der Waals surface area contributed by atoms with Crippen molar-refractivity contribution in [2.24, 2.45) is 0 Å². The summed E-state index contributed by atoms with van der Waals surface area (Å²) in [4.78, 5) is 14.8. The Morgan fingerprint density at radius 2 is 2.11 bits per heavy atom. The van der Waals surface area contributed by atoms with Crippen molar-refractivity contribution < 1.29 is 4.79 Å². The number of anilines is 1. The lowest BCUT2D eigenvalue weighted by Gasteiger charge is -2.35. The van der Waals surface area contributed by atoms with E-state index < -0.39 is 0 Å². The summed E-state index contributed by atoms with van der Waals surface area (Å²) in [6.07, 6.45) is 4.71. The molecule has 1 amide bonds. The van der Waals surface area contributed by atoms with Crippen LogP contribution in [0.3, 0.4) is 0 Å². The van der Waals surface area contributed by atoms with Gasteiger partial charge in [-0.15, -0.1) is 0 Å². The second-order valence-corrected chi connectivity index (χ2v) is 5.61. The number of piperidine rings is 1. The first kappa shape index (κ1) is 12.5. The molecule has 0 saturated carbocycles. The van der Waals surface area contributed by atoms with E-state index in [1.165, 1.54) is 19.4 Å². The minimum Gasteiger partial charge on any atom is -0.398 e. The molecule has 4 heteroatoms. The number of benzene rings is 1. The SMILES string of the molecule is Nc1ccccc1C(=O)NC1CCN2CCCC2C1. The molecule has 0 radical (unpaired) electrons. The van der Waals surface area contributed by atoms with Crippen LogP contribution in [-0.2, 0) is 0 Å². The summed E-state index contributed by atoms with van der Waals surface area (Å²) in [7, 11) is 0. The number of nitrogens with two attached hydrogens (primary N) is 1. The third-order valence-electron chi connectivity index (χ3n) is 4.36. The number of nitrogens with one attached hydrogen (secondary N) is 1. The normalized spacial score (nSPS) is 26.9. The van der Waals surface area contributed by atoms with Crippen LogP contribution in [0, 0.1) is 0 Å². The van der Waals surface area contributed by atoms with Crippen LogP contribution >= 0.6 is 0 Å². The Kier molecular flexibility index (Phi) is 3.42. The van der Waals surface area contributed by atoms with Gasteiger partial charge in [0.25, 0.3) is 5.91 Å². The van der Waals surface area contributed by atoms with Crippen LogP contribution in [-0.4, -0.2) is 36.0 Å². The number of fused-ring (bicyclic) bond motifs is 1. The fourth-order valence-corrected chi connectivity index (χ4v) is 3.32. The number of nitrogen functional groups attached to an aromatic ring is 1. The van der Waals surface area contributed by atoms with Gasteiger partial charge in [-0.05, 0) is 44.4 Å². The van der Waals surface area contributed by atoms with Gasteiger partial charge in [0.05, 0.1) is 5.56 Å². The molecule has 2 aliphatic heterocycles. The molecule has 3 N–H and O–H groups in total. The predicted octanol–water partition coefficient (Wildman–Crippen LogP) is 1.63. The van der Waals surface area contributed by atoms with Gasteiger partial charge in [-0.2, -0.15) is 0 Å². The van der Waals surface area contributed by atoms with Gasteiger partial charge in [0.2, 0.25) is 0 Å². The lowest BCUT2D eigenvalue weighted by atomic mass is 9.97. The minimum absolute atomic E-state index is 0.0328. The Morgan fingerprint density at radius 1 is 1.26 bits per heavy atom. The number of hydrogen-bond acceptors (Lipinski definition) is 3. The Balaban J connectivity index is 1.62. The van der Waals surface area contributed by atoms with E-state index in [-0.39, 0.29) is 5.91 Å². The average molecular weight is 259 g/mol. The number of nitrogens with zero attached hydrogens (tertiary/aromatic N) is 1. The van der Waals surface area contributed by atoms with Gasteiger partial charge in [0.1, 0.15) is 0 Å². The van der Waals surface area contributed by atoms with E-state index in [2.05, 4.69) is 10.2 Å². The first-order valence-electron chi connectivity index (χ1n) is 7.13. The van der Waals surface area contributed by atoms with Gasteiger partial charge in [-0.3, -0.25) is 4.79 Å². The molecule has 19 heavy (non-hydrogen) atoms. The van der Waals surface area contributed by atoms with Crippen LogP contribution in [0.15, 0.2) is 24.3 Å². The number of rotatable bonds is 2. The average Bonchev–Trinajstić information content (AvgIpc) is 2.86. The summed E-state index contributed by atoms with van der Waals surface area (Å²) in [5.74, 6) is -0.0328. The molecule has 2 unspecified atom stereocenters. The zero-order valence-electron chi connectivity index (χ0n) is 11.1. The van der Waals surface area contributed by atoms with E-state index in [0.717, 1.165) is 19.4 Å². The van der Waals surface area contributed by atoms with Crippen molar-refractivity contribution in [3.8, 4) is 0 Å². The van der Waals surface area contributed by atoms with Crippen molar-refractivity contribution in [1.82, 2.24) is 10.2 Å². The number of amides is 1. The minimum atomic E-state index is -0.0328.